The Morgan fingerprint density at radius 2 is 2.05 bits per heavy atom. The average molecular weight is 300 g/mol. The van der Waals surface area contributed by atoms with Crippen molar-refractivity contribution in [3.05, 3.63) is 41.6 Å². The Bertz CT molecular complexity index is 640. The molecule has 2 rings (SSSR count). The first-order valence-electron chi connectivity index (χ1n) is 7.51. The van der Waals surface area contributed by atoms with Crippen LogP contribution >= 0.6 is 0 Å². The van der Waals surface area contributed by atoms with Crippen LogP contribution in [0.2, 0.25) is 0 Å². The Labute approximate surface area is 131 Å². The number of benzene rings is 1. The Morgan fingerprint density at radius 1 is 1.32 bits per heavy atom. The van der Waals surface area contributed by atoms with Gasteiger partial charge in [-0.3, -0.25) is 9.89 Å². The van der Waals surface area contributed by atoms with Gasteiger partial charge in [-0.15, -0.1) is 0 Å². The third-order valence-electron chi connectivity index (χ3n) is 3.30. The van der Waals surface area contributed by atoms with E-state index in [2.05, 4.69) is 36.3 Å². The maximum Gasteiger partial charge on any atom is 0.225 e. The molecule has 1 aromatic carbocycles. The van der Waals surface area contributed by atoms with Gasteiger partial charge in [-0.25, -0.2) is 0 Å². The quantitative estimate of drug-likeness (QED) is 0.742. The van der Waals surface area contributed by atoms with Crippen molar-refractivity contribution < 1.29 is 4.79 Å². The number of nitrogens with two attached hydrogens (primary N) is 1. The number of hydrogen-bond donors (Lipinski definition) is 3. The van der Waals surface area contributed by atoms with Crippen molar-refractivity contribution >= 4 is 17.4 Å². The van der Waals surface area contributed by atoms with E-state index in [0.717, 1.165) is 23.4 Å². The molecule has 0 aliphatic heterocycles. The van der Waals surface area contributed by atoms with Crippen LogP contribution in [0.4, 0.5) is 11.5 Å². The Kier molecular flexibility index (Phi) is 4.85. The second-order valence-electron chi connectivity index (χ2n) is 6.76. The molecule has 0 aliphatic rings. The highest BCUT2D eigenvalue weighted by molar-refractivity contribution is 5.90. The molecule has 0 unspecified atom stereocenters. The number of aromatic nitrogens is 2. The zero-order chi connectivity index (χ0) is 16.2. The Balaban J connectivity index is 1.86. The number of carbonyl (C=O) groups is 1. The molecule has 0 saturated heterocycles. The molecule has 0 radical (unpaired) electrons. The zero-order valence-electron chi connectivity index (χ0n) is 13.4. The largest absolute Gasteiger partial charge is 0.399 e. The fraction of sp³-hybridized carbons (Fsp3) is 0.412. The summed E-state index contributed by atoms with van der Waals surface area (Å²) in [5.74, 6) is 0.516. The monoisotopic (exact) mass is 300 g/mol. The molecule has 2 aromatic rings. The van der Waals surface area contributed by atoms with E-state index in [1.165, 1.54) is 0 Å². The molecular weight excluding hydrogens is 276 g/mol. The minimum atomic E-state index is -0.0583. The normalized spacial score (nSPS) is 11.4. The molecule has 5 heteroatoms. The number of carbonyl (C=O) groups excluding carboxylic acids is 1. The van der Waals surface area contributed by atoms with E-state index in [9.17, 15) is 4.79 Å². The molecule has 0 fully saturated rings. The number of aromatic amines is 1. The molecule has 0 aliphatic carbocycles. The standard InChI is InChI=1S/C17H24N4O/c1-17(2,3)11-13-10-15(21-20-13)19-16(22)9-8-12-6-4-5-7-14(12)18/h4-7,10H,8-9,11,18H2,1-3H3,(H2,19,20,21,22). The number of nitrogens with zero attached hydrogens (tertiary/aromatic N) is 1. The summed E-state index contributed by atoms with van der Waals surface area (Å²) in [5.41, 5.74) is 8.79. The van der Waals surface area contributed by atoms with Crippen LogP contribution in [0.3, 0.4) is 0 Å². The molecule has 0 spiro atoms. The van der Waals surface area contributed by atoms with Crippen molar-refractivity contribution in [2.75, 3.05) is 11.1 Å². The van der Waals surface area contributed by atoms with Crippen LogP contribution in [-0.2, 0) is 17.6 Å². The number of H-pyrrole nitrogens is 1. The topological polar surface area (TPSA) is 83.8 Å². The summed E-state index contributed by atoms with van der Waals surface area (Å²) >= 11 is 0. The van der Waals surface area contributed by atoms with Gasteiger partial charge < -0.3 is 11.1 Å². The third kappa shape index (κ3) is 4.91. The van der Waals surface area contributed by atoms with Gasteiger partial charge in [0.2, 0.25) is 5.91 Å². The summed E-state index contributed by atoms with van der Waals surface area (Å²) in [6, 6.07) is 9.49. The van der Waals surface area contributed by atoms with Gasteiger partial charge in [0.1, 0.15) is 0 Å². The lowest BCUT2D eigenvalue weighted by molar-refractivity contribution is -0.116. The number of amides is 1. The van der Waals surface area contributed by atoms with Gasteiger partial charge in [-0.2, -0.15) is 5.10 Å². The van der Waals surface area contributed by atoms with Gasteiger partial charge in [-0.1, -0.05) is 39.0 Å². The van der Waals surface area contributed by atoms with E-state index in [1.54, 1.807) is 0 Å². The van der Waals surface area contributed by atoms with Crippen molar-refractivity contribution in [3.63, 3.8) is 0 Å². The predicted octanol–water partition coefficient (Wildman–Crippen LogP) is 3.15. The van der Waals surface area contributed by atoms with Gasteiger partial charge in [0.15, 0.2) is 5.82 Å². The number of anilines is 2. The summed E-state index contributed by atoms with van der Waals surface area (Å²) in [6.07, 6.45) is 1.89. The average Bonchev–Trinajstić information content (AvgIpc) is 2.82. The summed E-state index contributed by atoms with van der Waals surface area (Å²) in [5, 5.41) is 9.91. The first-order valence-corrected chi connectivity index (χ1v) is 7.51. The highest BCUT2D eigenvalue weighted by Gasteiger charge is 2.14. The van der Waals surface area contributed by atoms with Gasteiger partial charge in [0.05, 0.1) is 0 Å². The van der Waals surface area contributed by atoms with E-state index >= 15 is 0 Å². The summed E-state index contributed by atoms with van der Waals surface area (Å²) in [6.45, 7) is 6.49. The lowest BCUT2D eigenvalue weighted by Crippen LogP contribution is -2.13. The Morgan fingerprint density at radius 3 is 2.73 bits per heavy atom. The van der Waals surface area contributed by atoms with Gasteiger partial charge >= 0.3 is 0 Å². The molecule has 0 bridgehead atoms. The van der Waals surface area contributed by atoms with E-state index in [4.69, 9.17) is 5.73 Å². The molecular formula is C17H24N4O. The summed E-state index contributed by atoms with van der Waals surface area (Å²) < 4.78 is 0. The van der Waals surface area contributed by atoms with Crippen LogP contribution in [0.5, 0.6) is 0 Å². The Hall–Kier alpha value is -2.30. The molecule has 4 N–H and O–H groups in total. The molecule has 5 nitrogen and oxygen atoms in total. The van der Waals surface area contributed by atoms with Gasteiger partial charge in [-0.05, 0) is 29.9 Å². The summed E-state index contributed by atoms with van der Waals surface area (Å²) in [7, 11) is 0. The molecule has 0 saturated carbocycles. The van der Waals surface area contributed by atoms with Crippen LogP contribution < -0.4 is 11.1 Å². The highest BCUT2D eigenvalue weighted by atomic mass is 16.1. The third-order valence-corrected chi connectivity index (χ3v) is 3.30. The minimum Gasteiger partial charge on any atom is -0.399 e. The van der Waals surface area contributed by atoms with E-state index in [-0.39, 0.29) is 11.3 Å². The summed E-state index contributed by atoms with van der Waals surface area (Å²) in [4.78, 5) is 12.0. The van der Waals surface area contributed by atoms with E-state index in [0.29, 0.717) is 18.7 Å². The molecule has 1 aromatic heterocycles. The van der Waals surface area contributed by atoms with E-state index < -0.39 is 0 Å². The second-order valence-corrected chi connectivity index (χ2v) is 6.76. The van der Waals surface area contributed by atoms with Gasteiger partial charge in [0, 0.05) is 23.9 Å². The zero-order valence-corrected chi connectivity index (χ0v) is 13.4. The molecule has 118 valence electrons. The first-order chi connectivity index (χ1) is 10.3. The van der Waals surface area contributed by atoms with Crippen LogP contribution in [0.1, 0.15) is 38.4 Å². The molecule has 0 atom stereocenters. The fourth-order valence-corrected chi connectivity index (χ4v) is 2.30. The van der Waals surface area contributed by atoms with Crippen molar-refractivity contribution in [2.24, 2.45) is 5.41 Å². The maximum absolute atomic E-state index is 12.0. The number of para-hydroxylation sites is 1. The van der Waals surface area contributed by atoms with E-state index in [1.807, 2.05) is 30.3 Å². The number of nitrogen functional groups attached to an aromatic ring is 1. The smallest absolute Gasteiger partial charge is 0.225 e. The number of rotatable bonds is 5. The first kappa shape index (κ1) is 16.1. The fourth-order valence-electron chi connectivity index (χ4n) is 2.30. The van der Waals surface area contributed by atoms with Crippen molar-refractivity contribution in [2.45, 2.75) is 40.0 Å². The molecule has 1 amide bonds. The van der Waals surface area contributed by atoms with Crippen LogP contribution in [0.25, 0.3) is 0 Å². The van der Waals surface area contributed by atoms with Gasteiger partial charge in [0.25, 0.3) is 0 Å². The highest BCUT2D eigenvalue weighted by Crippen LogP contribution is 2.20. The second kappa shape index (κ2) is 6.64. The van der Waals surface area contributed by atoms with Crippen LogP contribution in [0.15, 0.2) is 30.3 Å². The lowest BCUT2D eigenvalue weighted by Gasteiger charge is -2.15. The number of aryl methyl sites for hydroxylation is 1. The van der Waals surface area contributed by atoms with Crippen molar-refractivity contribution in [1.82, 2.24) is 10.2 Å². The molecule has 1 heterocycles. The van der Waals surface area contributed by atoms with Crippen LogP contribution in [0, 0.1) is 5.41 Å². The van der Waals surface area contributed by atoms with Crippen molar-refractivity contribution in [1.29, 1.82) is 0 Å². The van der Waals surface area contributed by atoms with Crippen LogP contribution in [-0.4, -0.2) is 16.1 Å². The number of nitrogens with one attached hydrogen (secondary N) is 2. The minimum absolute atomic E-state index is 0.0583. The maximum atomic E-state index is 12.0. The SMILES string of the molecule is CC(C)(C)Cc1cc(NC(=O)CCc2ccccc2N)n[nH]1. The lowest BCUT2D eigenvalue weighted by atomic mass is 9.91. The van der Waals surface area contributed by atoms with Crippen molar-refractivity contribution in [3.8, 4) is 0 Å². The molecule has 22 heavy (non-hydrogen) atoms. The predicted molar refractivity (Wildman–Crippen MR) is 89.6 cm³/mol. The number of hydrogen-bond acceptors (Lipinski definition) is 3.